The number of halogens is 1. The fourth-order valence-corrected chi connectivity index (χ4v) is 1.67. The molecule has 0 radical (unpaired) electrons. The molecule has 1 aromatic carbocycles. The zero-order chi connectivity index (χ0) is 7.56. The van der Waals surface area contributed by atoms with E-state index in [1.165, 1.54) is 15.6 Å². The van der Waals surface area contributed by atoms with Crippen molar-refractivity contribution >= 4 is 15.9 Å². The van der Waals surface area contributed by atoms with Crippen LogP contribution in [0, 0.1) is 6.92 Å². The molecule has 0 unspecified atom stereocenters. The van der Waals surface area contributed by atoms with E-state index < -0.39 is 0 Å². The maximum Gasteiger partial charge on any atom is 0.0180 e. The molecular formula is C9H11Br. The highest BCUT2D eigenvalue weighted by atomic mass is 79.9. The highest BCUT2D eigenvalue weighted by Crippen LogP contribution is 2.15. The standard InChI is InChI=1S/C9H11Br/c1-3-8-4-7(2)5-9(10)6-8/h4-6H,3H2,1-2H3. The summed E-state index contributed by atoms with van der Waals surface area (Å²) in [4.78, 5) is 0. The molecule has 0 bridgehead atoms. The number of rotatable bonds is 1. The van der Waals surface area contributed by atoms with Crippen LogP contribution in [0.4, 0.5) is 0 Å². The van der Waals surface area contributed by atoms with Crippen LogP contribution in [0.3, 0.4) is 0 Å². The van der Waals surface area contributed by atoms with E-state index in [-0.39, 0.29) is 0 Å². The summed E-state index contributed by atoms with van der Waals surface area (Å²) in [5.74, 6) is 0. The molecule has 1 aromatic rings. The van der Waals surface area contributed by atoms with Gasteiger partial charge in [-0.1, -0.05) is 28.9 Å². The van der Waals surface area contributed by atoms with Gasteiger partial charge in [-0.25, -0.2) is 0 Å². The van der Waals surface area contributed by atoms with Gasteiger partial charge >= 0.3 is 0 Å². The van der Waals surface area contributed by atoms with Gasteiger partial charge in [0, 0.05) is 4.47 Å². The van der Waals surface area contributed by atoms with Crippen LogP contribution in [0.1, 0.15) is 18.1 Å². The second-order valence-corrected chi connectivity index (χ2v) is 3.41. The van der Waals surface area contributed by atoms with Crippen LogP contribution in [-0.4, -0.2) is 0 Å². The Labute approximate surface area is 70.4 Å². The van der Waals surface area contributed by atoms with Gasteiger partial charge in [-0.3, -0.25) is 0 Å². The van der Waals surface area contributed by atoms with E-state index in [0.29, 0.717) is 0 Å². The number of aryl methyl sites for hydroxylation is 2. The molecular weight excluding hydrogens is 188 g/mol. The molecule has 0 atom stereocenters. The second kappa shape index (κ2) is 3.20. The molecule has 0 aliphatic heterocycles. The van der Waals surface area contributed by atoms with E-state index >= 15 is 0 Å². The summed E-state index contributed by atoms with van der Waals surface area (Å²) in [6, 6.07) is 6.50. The van der Waals surface area contributed by atoms with Crippen molar-refractivity contribution in [1.82, 2.24) is 0 Å². The predicted molar refractivity (Wildman–Crippen MR) is 48.3 cm³/mol. The minimum absolute atomic E-state index is 1.11. The van der Waals surface area contributed by atoms with Crippen LogP contribution < -0.4 is 0 Å². The van der Waals surface area contributed by atoms with Gasteiger partial charge in [0.2, 0.25) is 0 Å². The lowest BCUT2D eigenvalue weighted by Gasteiger charge is -1.99. The van der Waals surface area contributed by atoms with Crippen molar-refractivity contribution < 1.29 is 0 Å². The zero-order valence-corrected chi connectivity index (χ0v) is 7.90. The molecule has 0 nitrogen and oxygen atoms in total. The van der Waals surface area contributed by atoms with Crippen LogP contribution in [0.15, 0.2) is 22.7 Å². The van der Waals surface area contributed by atoms with Crippen molar-refractivity contribution in [2.45, 2.75) is 20.3 Å². The quantitative estimate of drug-likeness (QED) is 0.650. The van der Waals surface area contributed by atoms with E-state index in [1.54, 1.807) is 0 Å². The van der Waals surface area contributed by atoms with Crippen molar-refractivity contribution in [1.29, 1.82) is 0 Å². The first kappa shape index (κ1) is 7.80. The Morgan fingerprint density at radius 3 is 2.50 bits per heavy atom. The molecule has 10 heavy (non-hydrogen) atoms. The Balaban J connectivity index is 3.06. The third kappa shape index (κ3) is 1.84. The van der Waals surface area contributed by atoms with Crippen LogP contribution in [-0.2, 0) is 6.42 Å². The molecule has 0 saturated carbocycles. The van der Waals surface area contributed by atoms with E-state index in [2.05, 4.69) is 48.0 Å². The summed E-state index contributed by atoms with van der Waals surface area (Å²) in [7, 11) is 0. The Kier molecular flexibility index (Phi) is 2.50. The number of benzene rings is 1. The molecule has 0 aliphatic carbocycles. The van der Waals surface area contributed by atoms with Crippen LogP contribution in [0.25, 0.3) is 0 Å². The first-order valence-electron chi connectivity index (χ1n) is 3.48. The van der Waals surface area contributed by atoms with Gasteiger partial charge in [0.1, 0.15) is 0 Å². The lowest BCUT2D eigenvalue weighted by Crippen LogP contribution is -1.81. The van der Waals surface area contributed by atoms with Gasteiger partial charge in [0.25, 0.3) is 0 Å². The normalized spacial score (nSPS) is 9.90. The Bertz CT molecular complexity index is 208. The van der Waals surface area contributed by atoms with Gasteiger partial charge < -0.3 is 0 Å². The third-order valence-corrected chi connectivity index (χ3v) is 1.97. The molecule has 0 N–H and O–H groups in total. The maximum absolute atomic E-state index is 3.45. The average molecular weight is 199 g/mol. The minimum atomic E-state index is 1.11. The lowest BCUT2D eigenvalue weighted by atomic mass is 10.1. The summed E-state index contributed by atoms with van der Waals surface area (Å²) >= 11 is 3.45. The van der Waals surface area contributed by atoms with Crippen molar-refractivity contribution in [2.24, 2.45) is 0 Å². The van der Waals surface area contributed by atoms with E-state index in [9.17, 15) is 0 Å². The molecule has 0 aromatic heterocycles. The molecule has 0 fully saturated rings. The van der Waals surface area contributed by atoms with Gasteiger partial charge in [-0.05, 0) is 36.6 Å². The number of hydrogen-bond acceptors (Lipinski definition) is 0. The number of hydrogen-bond donors (Lipinski definition) is 0. The van der Waals surface area contributed by atoms with Crippen LogP contribution in [0.5, 0.6) is 0 Å². The molecule has 0 amide bonds. The zero-order valence-electron chi connectivity index (χ0n) is 6.32. The van der Waals surface area contributed by atoms with Gasteiger partial charge in [0.15, 0.2) is 0 Å². The first-order chi connectivity index (χ1) is 4.72. The van der Waals surface area contributed by atoms with Gasteiger partial charge in [0.05, 0.1) is 0 Å². The Morgan fingerprint density at radius 2 is 2.00 bits per heavy atom. The smallest absolute Gasteiger partial charge is 0.0180 e. The minimum Gasteiger partial charge on any atom is -0.0613 e. The summed E-state index contributed by atoms with van der Waals surface area (Å²) < 4.78 is 1.18. The third-order valence-electron chi connectivity index (χ3n) is 1.51. The summed E-state index contributed by atoms with van der Waals surface area (Å²) in [6.07, 6.45) is 1.11. The van der Waals surface area contributed by atoms with Crippen molar-refractivity contribution in [3.63, 3.8) is 0 Å². The van der Waals surface area contributed by atoms with Crippen molar-refractivity contribution in [3.8, 4) is 0 Å². The average Bonchev–Trinajstić information content (AvgIpc) is 1.85. The monoisotopic (exact) mass is 198 g/mol. The lowest BCUT2D eigenvalue weighted by molar-refractivity contribution is 1.13. The highest BCUT2D eigenvalue weighted by molar-refractivity contribution is 9.10. The molecule has 1 heteroatoms. The summed E-state index contributed by atoms with van der Waals surface area (Å²) in [5, 5.41) is 0. The fourth-order valence-electron chi connectivity index (χ4n) is 1.02. The van der Waals surface area contributed by atoms with E-state index in [0.717, 1.165) is 6.42 Å². The van der Waals surface area contributed by atoms with Crippen molar-refractivity contribution in [2.75, 3.05) is 0 Å². The van der Waals surface area contributed by atoms with Crippen LogP contribution in [0.2, 0.25) is 0 Å². The Hall–Kier alpha value is -0.300. The van der Waals surface area contributed by atoms with E-state index in [4.69, 9.17) is 0 Å². The van der Waals surface area contributed by atoms with Crippen LogP contribution >= 0.6 is 15.9 Å². The van der Waals surface area contributed by atoms with E-state index in [1.807, 2.05) is 0 Å². The highest BCUT2D eigenvalue weighted by Gasteiger charge is 1.92. The predicted octanol–water partition coefficient (Wildman–Crippen LogP) is 3.32. The molecule has 0 saturated heterocycles. The molecule has 0 heterocycles. The summed E-state index contributed by atoms with van der Waals surface area (Å²) in [5.41, 5.74) is 2.72. The van der Waals surface area contributed by atoms with Gasteiger partial charge in [-0.15, -0.1) is 0 Å². The molecule has 0 aliphatic rings. The van der Waals surface area contributed by atoms with Crippen molar-refractivity contribution in [3.05, 3.63) is 33.8 Å². The first-order valence-corrected chi connectivity index (χ1v) is 4.27. The fraction of sp³-hybridized carbons (Fsp3) is 0.333. The SMILES string of the molecule is CCc1cc(C)cc(Br)c1. The molecule has 0 spiro atoms. The Morgan fingerprint density at radius 1 is 1.30 bits per heavy atom. The molecule has 1 rings (SSSR count). The summed E-state index contributed by atoms with van der Waals surface area (Å²) in [6.45, 7) is 4.28. The molecule has 54 valence electrons. The van der Waals surface area contributed by atoms with Gasteiger partial charge in [-0.2, -0.15) is 0 Å². The largest absolute Gasteiger partial charge is 0.0613 e. The second-order valence-electron chi connectivity index (χ2n) is 2.49. The topological polar surface area (TPSA) is 0 Å². The maximum atomic E-state index is 3.45.